The molecule has 0 aliphatic heterocycles. The summed E-state index contributed by atoms with van der Waals surface area (Å²) in [5.41, 5.74) is 6.97. The minimum absolute atomic E-state index is 0.0257. The second-order valence-corrected chi connectivity index (χ2v) is 20.3. The van der Waals surface area contributed by atoms with Crippen molar-refractivity contribution in [3.63, 3.8) is 0 Å². The highest BCUT2D eigenvalue weighted by Gasteiger charge is 2.37. The third-order valence-corrected chi connectivity index (χ3v) is 12.6. The number of aromatic nitrogens is 3. The molecule has 2 amide bonds. The van der Waals surface area contributed by atoms with Gasteiger partial charge in [-0.05, 0) is 95.9 Å². The van der Waals surface area contributed by atoms with E-state index in [1.54, 1.807) is 60.8 Å². The first-order chi connectivity index (χ1) is 22.5. The predicted molar refractivity (Wildman–Crippen MR) is 193 cm³/mol. The van der Waals surface area contributed by atoms with Gasteiger partial charge in [0.05, 0.1) is 25.5 Å². The molecular weight excluding hydrogens is 645 g/mol. The molecule has 0 bridgehead atoms. The Morgan fingerprint density at radius 2 is 1.53 bits per heavy atom. The molecule has 0 radical (unpaired) electrons. The molecule has 14 heteroatoms. The lowest BCUT2D eigenvalue weighted by Gasteiger charge is -2.37. The first-order valence-electron chi connectivity index (χ1n) is 16.5. The molecule has 0 saturated carbocycles. The highest BCUT2D eigenvalue weighted by Crippen LogP contribution is 2.36. The number of nitrogens with zero attached hydrogens (tertiary/aromatic N) is 5. The Balaban J connectivity index is 1.92. The van der Waals surface area contributed by atoms with E-state index in [0.717, 1.165) is 0 Å². The number of benzene rings is 1. The third-order valence-electron chi connectivity index (χ3n) is 8.02. The summed E-state index contributed by atoms with van der Waals surface area (Å²) in [6.07, 6.45) is 2.66. The van der Waals surface area contributed by atoms with E-state index in [9.17, 15) is 14.4 Å². The minimum Gasteiger partial charge on any atom is -0.465 e. The van der Waals surface area contributed by atoms with Crippen LogP contribution in [0.15, 0.2) is 36.7 Å². The molecule has 1 aromatic carbocycles. The van der Waals surface area contributed by atoms with Gasteiger partial charge in [-0.15, -0.1) is 0 Å². The Morgan fingerprint density at radius 3 is 2.12 bits per heavy atom. The summed E-state index contributed by atoms with van der Waals surface area (Å²) >= 11 is 0. The van der Waals surface area contributed by atoms with Crippen molar-refractivity contribution in [1.29, 1.82) is 0 Å². The summed E-state index contributed by atoms with van der Waals surface area (Å²) in [5, 5.41) is 4.44. The largest absolute Gasteiger partial charge is 0.465 e. The lowest BCUT2D eigenvalue weighted by molar-refractivity contribution is 0.0221. The lowest BCUT2D eigenvalue weighted by Crippen LogP contribution is -2.45. The molecule has 3 aromatic rings. The van der Waals surface area contributed by atoms with E-state index >= 15 is 0 Å². The fourth-order valence-corrected chi connectivity index (χ4v) is 5.58. The van der Waals surface area contributed by atoms with Gasteiger partial charge in [0.1, 0.15) is 17.0 Å². The number of nitrogen functional groups attached to an aromatic ring is 1. The Bertz CT molecular complexity index is 1640. The Kier molecular flexibility index (Phi) is 12.1. The number of fused-ring (bicyclic) bond motifs is 1. The first kappa shape index (κ1) is 39.3. The van der Waals surface area contributed by atoms with Crippen molar-refractivity contribution < 1.29 is 33.0 Å². The highest BCUT2D eigenvalue weighted by molar-refractivity contribution is 6.74. The molecule has 49 heavy (non-hydrogen) atoms. The summed E-state index contributed by atoms with van der Waals surface area (Å²) in [6.45, 7) is 22.9. The number of nitrogens with two attached hydrogens (primary N) is 1. The van der Waals surface area contributed by atoms with Gasteiger partial charge in [0, 0.05) is 37.1 Å². The van der Waals surface area contributed by atoms with Gasteiger partial charge < -0.3 is 29.3 Å². The molecule has 3 rings (SSSR count). The number of hydrogen-bond donors (Lipinski definition) is 1. The van der Waals surface area contributed by atoms with Crippen molar-refractivity contribution >= 4 is 43.6 Å². The van der Waals surface area contributed by atoms with Crippen molar-refractivity contribution in [3.05, 3.63) is 42.2 Å². The molecule has 2 heterocycles. The number of amides is 2. The molecule has 270 valence electrons. The zero-order valence-electron chi connectivity index (χ0n) is 31.2. The van der Waals surface area contributed by atoms with Gasteiger partial charge in [0.2, 0.25) is 0 Å². The lowest BCUT2D eigenvalue weighted by atomic mass is 10.0. The Labute approximate surface area is 291 Å². The molecular formula is C35H54N6O7Si. The number of carbonyl (C=O) groups is 3. The summed E-state index contributed by atoms with van der Waals surface area (Å²) in [4.78, 5) is 47.0. The second kappa shape index (κ2) is 15.2. The number of methoxy groups -OCH3 is 1. The Morgan fingerprint density at radius 1 is 0.898 bits per heavy atom. The number of carbonyl (C=O) groups excluding carboxylic acids is 3. The number of hydrogen-bond acceptors (Lipinski definition) is 10. The topological polar surface area (TPSA) is 151 Å². The second-order valence-electron chi connectivity index (χ2n) is 15.5. The maximum atomic E-state index is 13.6. The van der Waals surface area contributed by atoms with E-state index in [1.807, 2.05) is 20.8 Å². The normalized spacial score (nSPS) is 12.5. The summed E-state index contributed by atoms with van der Waals surface area (Å²) in [6, 6.07) is 6.57. The number of esters is 1. The average Bonchev–Trinajstić information content (AvgIpc) is 3.38. The van der Waals surface area contributed by atoms with Gasteiger partial charge >= 0.3 is 18.2 Å². The monoisotopic (exact) mass is 698 g/mol. The summed E-state index contributed by atoms with van der Waals surface area (Å²) in [7, 11) is -0.737. The van der Waals surface area contributed by atoms with Crippen LogP contribution >= 0.6 is 0 Å². The molecule has 0 unspecified atom stereocenters. The molecule has 0 saturated heterocycles. The van der Waals surface area contributed by atoms with E-state index in [2.05, 4.69) is 39.0 Å². The van der Waals surface area contributed by atoms with E-state index in [4.69, 9.17) is 29.4 Å². The molecule has 2 aromatic heterocycles. The Hall–Kier alpha value is -4.17. The highest BCUT2D eigenvalue weighted by atomic mass is 28.4. The molecule has 13 nitrogen and oxygen atoms in total. The van der Waals surface area contributed by atoms with Crippen LogP contribution in [0.5, 0.6) is 0 Å². The zero-order valence-corrected chi connectivity index (χ0v) is 32.2. The standard InChI is InChI=1S/C35H54N6O7Si/c1-33(2,3)47-31(43)39(18-19-46-49(11,12)35(7,8)9)15-13-16-40(32(44)48-34(4,5)6)28-14-17-41-29(38-28)27(23-37-41)24-20-25(30(42)45-10)22-26(36)21-24/h14,17,20-23H,13,15-16,18-19,36H2,1-12H3. The van der Waals surface area contributed by atoms with Crippen LogP contribution in [-0.2, 0) is 18.6 Å². The van der Waals surface area contributed by atoms with Crippen molar-refractivity contribution in [3.8, 4) is 11.1 Å². The van der Waals surface area contributed by atoms with E-state index in [0.29, 0.717) is 54.4 Å². The number of ether oxygens (including phenoxy) is 3. The van der Waals surface area contributed by atoms with Crippen LogP contribution in [0.4, 0.5) is 21.1 Å². The van der Waals surface area contributed by atoms with Crippen LogP contribution in [0.3, 0.4) is 0 Å². The van der Waals surface area contributed by atoms with Gasteiger partial charge in [-0.1, -0.05) is 20.8 Å². The third kappa shape index (κ3) is 10.9. The zero-order chi connectivity index (χ0) is 36.9. The average molecular weight is 699 g/mol. The maximum Gasteiger partial charge on any atom is 0.416 e. The van der Waals surface area contributed by atoms with Crippen LogP contribution < -0.4 is 10.6 Å². The predicted octanol–water partition coefficient (Wildman–Crippen LogP) is 7.16. The van der Waals surface area contributed by atoms with Crippen LogP contribution in [0.2, 0.25) is 18.1 Å². The molecule has 0 spiro atoms. The fourth-order valence-electron chi connectivity index (χ4n) is 4.54. The van der Waals surface area contributed by atoms with Crippen LogP contribution in [0.25, 0.3) is 16.8 Å². The van der Waals surface area contributed by atoms with Crippen molar-refractivity contribution in [2.75, 3.05) is 44.0 Å². The van der Waals surface area contributed by atoms with E-state index in [1.165, 1.54) is 18.1 Å². The molecule has 0 atom stereocenters. The number of anilines is 2. The minimum atomic E-state index is -2.04. The summed E-state index contributed by atoms with van der Waals surface area (Å²) < 4.78 is 24.3. The van der Waals surface area contributed by atoms with Gasteiger partial charge in [0.25, 0.3) is 0 Å². The van der Waals surface area contributed by atoms with Crippen molar-refractivity contribution in [1.82, 2.24) is 19.5 Å². The van der Waals surface area contributed by atoms with Crippen LogP contribution in [0, 0.1) is 0 Å². The maximum absolute atomic E-state index is 13.6. The van der Waals surface area contributed by atoms with E-state index in [-0.39, 0.29) is 17.1 Å². The van der Waals surface area contributed by atoms with Gasteiger partial charge in [-0.2, -0.15) is 5.10 Å². The molecule has 0 aliphatic rings. The molecule has 2 N–H and O–H groups in total. The van der Waals surface area contributed by atoms with Crippen LogP contribution in [0.1, 0.15) is 79.1 Å². The molecule has 0 aliphatic carbocycles. The van der Waals surface area contributed by atoms with Gasteiger partial charge in [0.15, 0.2) is 14.0 Å². The fraction of sp³-hybridized carbons (Fsp3) is 0.571. The quantitative estimate of drug-likeness (QED) is 0.0946. The summed E-state index contributed by atoms with van der Waals surface area (Å²) in [5.74, 6) is -0.201. The SMILES string of the molecule is COC(=O)c1cc(N)cc(-c2cnn3ccc(N(CCCN(CCO[Si](C)(C)C(C)(C)C)C(=O)OC(C)(C)C)C(=O)OC(C)(C)C)nc23)c1. The van der Waals surface area contributed by atoms with Crippen molar-refractivity contribution in [2.45, 2.75) is 98.1 Å². The first-order valence-corrected chi connectivity index (χ1v) is 19.4. The smallest absolute Gasteiger partial charge is 0.416 e. The van der Waals surface area contributed by atoms with Gasteiger partial charge in [-0.25, -0.2) is 23.9 Å². The van der Waals surface area contributed by atoms with Crippen molar-refractivity contribution in [2.24, 2.45) is 0 Å². The number of rotatable bonds is 11. The van der Waals surface area contributed by atoms with Gasteiger partial charge in [-0.3, -0.25) is 4.90 Å². The van der Waals surface area contributed by atoms with E-state index < -0.39 is 37.7 Å². The van der Waals surface area contributed by atoms with Crippen LogP contribution in [-0.4, -0.2) is 90.5 Å². The molecule has 0 fully saturated rings.